The molecule has 35 heavy (non-hydrogen) atoms. The Bertz CT molecular complexity index is 1310. The van der Waals surface area contributed by atoms with E-state index in [1.807, 2.05) is 66.7 Å². The third kappa shape index (κ3) is 6.51. The summed E-state index contributed by atoms with van der Waals surface area (Å²) in [7, 11) is 1.68. The maximum atomic E-state index is 13.2. The fourth-order valence-corrected chi connectivity index (χ4v) is 7.09. The quantitative estimate of drug-likeness (QED) is 0.150. The standard InChI is InChI=1S/C27H27AsN3O3S/c1-34-14-13-28-25(27(33)30-17-18-7-3-2-4-8-18)20-12-11-19-15-24(35-23(19)16-20)26(32)31-22-10-6-5-9-21(22)29/h2-12,15-16,25H,13-14,17,29H2,1H3,(H,30,33)(H,31,32). The van der Waals surface area contributed by atoms with Crippen LogP contribution in [0.15, 0.2) is 78.9 Å². The van der Waals surface area contributed by atoms with Gasteiger partial charge >= 0.3 is 216 Å². The van der Waals surface area contributed by atoms with E-state index in [2.05, 4.69) is 10.6 Å². The number of nitrogens with one attached hydrogen (secondary N) is 2. The Kier molecular flexibility index (Phi) is 8.58. The molecule has 4 N–H and O–H groups in total. The van der Waals surface area contributed by atoms with E-state index in [0.717, 1.165) is 26.4 Å². The van der Waals surface area contributed by atoms with Gasteiger partial charge in [-0.2, -0.15) is 0 Å². The number of hydrogen-bond donors (Lipinski definition) is 3. The van der Waals surface area contributed by atoms with Crippen LogP contribution in [0, 0.1) is 0 Å². The molecule has 0 saturated carbocycles. The first kappa shape index (κ1) is 25.0. The van der Waals surface area contributed by atoms with Crippen molar-refractivity contribution in [3.63, 3.8) is 0 Å². The van der Waals surface area contributed by atoms with E-state index in [9.17, 15) is 9.59 Å². The predicted molar refractivity (Wildman–Crippen MR) is 144 cm³/mol. The van der Waals surface area contributed by atoms with Crippen molar-refractivity contribution in [3.05, 3.63) is 94.9 Å². The summed E-state index contributed by atoms with van der Waals surface area (Å²) in [4.78, 5) is 26.6. The third-order valence-corrected chi connectivity index (χ3v) is 9.36. The topological polar surface area (TPSA) is 93.4 Å². The zero-order valence-electron chi connectivity index (χ0n) is 19.4. The van der Waals surface area contributed by atoms with E-state index in [0.29, 0.717) is 29.4 Å². The number of anilines is 2. The molecule has 6 nitrogen and oxygen atoms in total. The van der Waals surface area contributed by atoms with E-state index < -0.39 is 0 Å². The van der Waals surface area contributed by atoms with Gasteiger partial charge in [-0.05, 0) is 0 Å². The van der Waals surface area contributed by atoms with Crippen molar-refractivity contribution in [1.29, 1.82) is 0 Å². The van der Waals surface area contributed by atoms with E-state index in [-0.39, 0.29) is 32.3 Å². The number of amides is 2. The summed E-state index contributed by atoms with van der Waals surface area (Å²) in [6.07, 6.45) is 0. The fourth-order valence-electron chi connectivity index (χ4n) is 3.62. The van der Waals surface area contributed by atoms with Crippen molar-refractivity contribution in [2.75, 3.05) is 24.8 Å². The zero-order chi connectivity index (χ0) is 24.6. The minimum atomic E-state index is -0.305. The van der Waals surface area contributed by atoms with Crippen LogP contribution in [0.3, 0.4) is 0 Å². The van der Waals surface area contributed by atoms with E-state index in [1.165, 1.54) is 11.3 Å². The molecule has 1 radical (unpaired) electrons. The molecule has 0 aliphatic rings. The van der Waals surface area contributed by atoms with Gasteiger partial charge in [-0.15, -0.1) is 0 Å². The first-order valence-corrected chi connectivity index (χ1v) is 14.4. The van der Waals surface area contributed by atoms with Crippen molar-refractivity contribution in [3.8, 4) is 0 Å². The monoisotopic (exact) mass is 548 g/mol. The van der Waals surface area contributed by atoms with Crippen molar-refractivity contribution in [1.82, 2.24) is 5.32 Å². The number of ether oxygens (including phenoxy) is 1. The number of thiophene rings is 1. The molecule has 0 bridgehead atoms. The molecule has 1 atom stereocenters. The van der Waals surface area contributed by atoms with Crippen molar-refractivity contribution >= 4 is 60.4 Å². The summed E-state index contributed by atoms with van der Waals surface area (Å²) >= 11 is 1.11. The van der Waals surface area contributed by atoms with Crippen LogP contribution < -0.4 is 16.4 Å². The fraction of sp³-hybridized carbons (Fsp3) is 0.185. The summed E-state index contributed by atoms with van der Waals surface area (Å²) in [5.74, 6) is -0.174. The number of carbonyl (C=O) groups excluding carboxylic acids is 2. The Morgan fingerprint density at radius 2 is 1.80 bits per heavy atom. The second-order valence-electron chi connectivity index (χ2n) is 7.95. The molecule has 1 aromatic heterocycles. The van der Waals surface area contributed by atoms with Crippen LogP contribution in [0.1, 0.15) is 25.5 Å². The molecule has 179 valence electrons. The summed E-state index contributed by atoms with van der Waals surface area (Å²) in [5.41, 5.74) is 9.11. The van der Waals surface area contributed by atoms with Gasteiger partial charge in [0.05, 0.1) is 0 Å². The van der Waals surface area contributed by atoms with Gasteiger partial charge in [0.25, 0.3) is 0 Å². The van der Waals surface area contributed by atoms with Gasteiger partial charge in [0.2, 0.25) is 0 Å². The van der Waals surface area contributed by atoms with Gasteiger partial charge in [-0.1, -0.05) is 0 Å². The summed E-state index contributed by atoms with van der Waals surface area (Å²) in [6, 6.07) is 25.0. The van der Waals surface area contributed by atoms with E-state index >= 15 is 0 Å². The normalized spacial score (nSPS) is 12.1. The first-order valence-electron chi connectivity index (χ1n) is 11.2. The van der Waals surface area contributed by atoms with E-state index in [1.54, 1.807) is 19.2 Å². The minimum absolute atomic E-state index is 0.0263. The average Bonchev–Trinajstić information content (AvgIpc) is 3.31. The Morgan fingerprint density at radius 3 is 2.57 bits per heavy atom. The number of nitrogen functional groups attached to an aromatic ring is 1. The van der Waals surface area contributed by atoms with Crippen molar-refractivity contribution < 1.29 is 14.3 Å². The molecule has 1 heterocycles. The second-order valence-corrected chi connectivity index (χ2v) is 11.8. The number of benzene rings is 3. The molecule has 0 aliphatic carbocycles. The molecular weight excluding hydrogens is 521 g/mol. The molecular formula is C27H27AsN3O3S. The van der Waals surface area contributed by atoms with Crippen LogP contribution in [-0.2, 0) is 16.1 Å². The Balaban J connectivity index is 1.53. The zero-order valence-corrected chi connectivity index (χ0v) is 22.1. The number of methoxy groups -OCH3 is 1. The molecule has 0 fully saturated rings. The number of para-hydroxylation sites is 2. The Hall–Kier alpha value is -3.12. The van der Waals surface area contributed by atoms with Crippen LogP contribution in [-0.4, -0.2) is 41.3 Å². The molecule has 0 spiro atoms. The van der Waals surface area contributed by atoms with Crippen molar-refractivity contribution in [2.45, 2.75) is 16.5 Å². The Morgan fingerprint density at radius 1 is 1.03 bits per heavy atom. The molecule has 8 heteroatoms. The van der Waals surface area contributed by atoms with Gasteiger partial charge in [-0.25, -0.2) is 0 Å². The maximum absolute atomic E-state index is 13.2. The van der Waals surface area contributed by atoms with Crippen molar-refractivity contribution in [2.24, 2.45) is 0 Å². The summed E-state index contributed by atoms with van der Waals surface area (Å²) < 4.78 is 6.00. The molecule has 3 aromatic carbocycles. The van der Waals surface area contributed by atoms with Crippen LogP contribution in [0.4, 0.5) is 11.4 Å². The first-order chi connectivity index (χ1) is 17.0. The van der Waals surface area contributed by atoms with Crippen LogP contribution in [0.5, 0.6) is 0 Å². The number of carbonyl (C=O) groups is 2. The van der Waals surface area contributed by atoms with Gasteiger partial charge < -0.3 is 0 Å². The van der Waals surface area contributed by atoms with Crippen LogP contribution in [0.2, 0.25) is 5.21 Å². The number of rotatable bonds is 10. The van der Waals surface area contributed by atoms with Gasteiger partial charge in [-0.3, -0.25) is 0 Å². The number of nitrogens with two attached hydrogens (primary N) is 1. The third-order valence-electron chi connectivity index (χ3n) is 5.46. The molecule has 0 saturated heterocycles. The van der Waals surface area contributed by atoms with Gasteiger partial charge in [0, 0.05) is 0 Å². The second kappa shape index (κ2) is 12.0. The predicted octanol–water partition coefficient (Wildman–Crippen LogP) is 4.86. The molecule has 4 aromatic rings. The molecule has 1 unspecified atom stereocenters. The molecule has 2 amide bonds. The SMILES string of the molecule is COCC[As]C(C(=O)NCc1ccccc1)c1ccc2cc(C(=O)Nc3ccccc3N)sc2c1. The van der Waals surface area contributed by atoms with Gasteiger partial charge in [0.1, 0.15) is 0 Å². The van der Waals surface area contributed by atoms with Crippen LogP contribution >= 0.6 is 11.3 Å². The number of hydrogen-bond acceptors (Lipinski definition) is 5. The summed E-state index contributed by atoms with van der Waals surface area (Å²) in [5, 5.41) is 7.82. The van der Waals surface area contributed by atoms with Gasteiger partial charge in [0.15, 0.2) is 0 Å². The number of fused-ring (bicyclic) bond motifs is 1. The summed E-state index contributed by atoms with van der Waals surface area (Å²) in [6.45, 7) is 1.13. The average molecular weight is 549 g/mol. The van der Waals surface area contributed by atoms with Crippen LogP contribution in [0.25, 0.3) is 10.1 Å². The molecule has 0 aliphatic heterocycles. The Labute approximate surface area is 215 Å². The molecule has 4 rings (SSSR count). The van der Waals surface area contributed by atoms with E-state index in [4.69, 9.17) is 10.5 Å².